The first-order chi connectivity index (χ1) is 18.3. The number of halogens is 4. The van der Waals surface area contributed by atoms with Gasteiger partial charge in [-0.3, -0.25) is 0 Å². The monoisotopic (exact) mass is 612 g/mol. The summed E-state index contributed by atoms with van der Waals surface area (Å²) in [4.78, 5) is 42.9. The first kappa shape index (κ1) is 31.3. The molecule has 0 aliphatic heterocycles. The molecule has 3 aromatic carbocycles. The minimum absolute atomic E-state index is 0.174. The van der Waals surface area contributed by atoms with Crippen molar-refractivity contribution in [3.8, 4) is 0 Å². The standard InChI is InChI=1S/C9H8O4.C8H2Cl4O4.C8H6N2/c1-5-2-3-6(8(10)11)7(4-5)9(12)13;9-3-1(7(13)14)2(8(15)16)4(10)6(12)5(3)11;1-2-4-8-6-10-9-5-7(8)3-1/h2-4H,1H3,(H,10,11)(H,12,13);(H,13,14)(H,15,16);1-6H. The highest BCUT2D eigenvalue weighted by atomic mass is 35.5. The van der Waals surface area contributed by atoms with E-state index in [-0.39, 0.29) is 21.2 Å². The molecule has 1 aromatic heterocycles. The summed E-state index contributed by atoms with van der Waals surface area (Å²) in [5.74, 6) is -5.55. The Morgan fingerprint density at radius 2 is 1.00 bits per heavy atom. The summed E-state index contributed by atoms with van der Waals surface area (Å²) in [5.41, 5.74) is -1.00. The quantitative estimate of drug-likeness (QED) is 0.143. The second-order valence-electron chi connectivity index (χ2n) is 7.39. The molecular formula is C25H16Cl4N2O8. The Bertz CT molecular complexity index is 1480. The van der Waals surface area contributed by atoms with Crippen molar-refractivity contribution >= 4 is 81.1 Å². The van der Waals surface area contributed by atoms with Crippen molar-refractivity contribution in [2.45, 2.75) is 6.92 Å². The van der Waals surface area contributed by atoms with Crippen molar-refractivity contribution in [2.75, 3.05) is 0 Å². The maximum absolute atomic E-state index is 10.9. The molecule has 1 heterocycles. The second kappa shape index (κ2) is 13.7. The fourth-order valence-corrected chi connectivity index (χ4v) is 4.01. The molecule has 4 rings (SSSR count). The Kier molecular flexibility index (Phi) is 11.0. The minimum Gasteiger partial charge on any atom is -0.478 e. The molecule has 39 heavy (non-hydrogen) atoms. The highest BCUT2D eigenvalue weighted by molar-refractivity contribution is 6.54. The molecule has 0 atom stereocenters. The number of aryl methyl sites for hydroxylation is 1. The van der Waals surface area contributed by atoms with Crippen LogP contribution in [0.5, 0.6) is 0 Å². The Balaban J connectivity index is 0.000000210. The lowest BCUT2D eigenvalue weighted by molar-refractivity contribution is 0.0651. The molecule has 0 fully saturated rings. The number of rotatable bonds is 4. The number of hydrogen-bond acceptors (Lipinski definition) is 6. The summed E-state index contributed by atoms with van der Waals surface area (Å²) < 4.78 is 0. The van der Waals surface area contributed by atoms with Crippen LogP contribution in [-0.2, 0) is 0 Å². The van der Waals surface area contributed by atoms with E-state index >= 15 is 0 Å². The van der Waals surface area contributed by atoms with E-state index in [0.29, 0.717) is 0 Å². The number of carboxylic acid groups (broad SMARTS) is 4. The lowest BCUT2D eigenvalue weighted by atomic mass is 10.0. The van der Waals surface area contributed by atoms with Gasteiger partial charge in [-0.25, -0.2) is 19.2 Å². The Labute approximate surface area is 240 Å². The van der Waals surface area contributed by atoms with Crippen LogP contribution in [0.2, 0.25) is 20.1 Å². The van der Waals surface area contributed by atoms with Crippen molar-refractivity contribution in [1.29, 1.82) is 0 Å². The molecule has 0 unspecified atom stereocenters. The molecule has 0 saturated carbocycles. The third-order valence-corrected chi connectivity index (χ3v) is 6.59. The topological polar surface area (TPSA) is 175 Å². The molecule has 202 valence electrons. The molecule has 0 radical (unpaired) electrons. The average Bonchev–Trinajstić information content (AvgIpc) is 2.89. The molecular weight excluding hydrogens is 598 g/mol. The second-order valence-corrected chi connectivity index (χ2v) is 8.91. The van der Waals surface area contributed by atoms with E-state index in [9.17, 15) is 19.2 Å². The third-order valence-electron chi connectivity index (χ3n) is 4.79. The van der Waals surface area contributed by atoms with Gasteiger partial charge in [-0.2, -0.15) is 10.2 Å². The maximum Gasteiger partial charge on any atom is 0.338 e. The van der Waals surface area contributed by atoms with Crippen LogP contribution in [0.25, 0.3) is 10.8 Å². The van der Waals surface area contributed by atoms with Gasteiger partial charge in [-0.15, -0.1) is 0 Å². The van der Waals surface area contributed by atoms with Gasteiger partial charge in [-0.05, 0) is 19.1 Å². The van der Waals surface area contributed by atoms with E-state index in [0.717, 1.165) is 16.3 Å². The van der Waals surface area contributed by atoms with E-state index < -0.39 is 45.0 Å². The zero-order valence-electron chi connectivity index (χ0n) is 19.5. The molecule has 0 aliphatic carbocycles. The van der Waals surface area contributed by atoms with Crippen LogP contribution in [0.4, 0.5) is 0 Å². The number of hydrogen-bond donors (Lipinski definition) is 4. The zero-order chi connectivity index (χ0) is 29.4. The third kappa shape index (κ3) is 7.78. The SMILES string of the molecule is Cc1ccc(C(=O)O)c(C(=O)O)c1.O=C(O)c1c(Cl)c(Cl)c(Cl)c(Cl)c1C(=O)O.c1ccc2cnncc2c1. The van der Waals surface area contributed by atoms with Crippen LogP contribution < -0.4 is 0 Å². The molecule has 0 spiro atoms. The number of carboxylic acids is 4. The first-order valence-corrected chi connectivity index (χ1v) is 11.8. The van der Waals surface area contributed by atoms with Crippen LogP contribution >= 0.6 is 46.4 Å². The van der Waals surface area contributed by atoms with Crippen molar-refractivity contribution in [1.82, 2.24) is 10.2 Å². The lowest BCUT2D eigenvalue weighted by Crippen LogP contribution is -2.10. The summed E-state index contributed by atoms with van der Waals surface area (Å²) in [5, 5.41) is 43.3. The minimum atomic E-state index is -1.55. The van der Waals surface area contributed by atoms with E-state index in [4.69, 9.17) is 66.8 Å². The van der Waals surface area contributed by atoms with Crippen LogP contribution in [0.3, 0.4) is 0 Å². The van der Waals surface area contributed by atoms with Crippen molar-refractivity contribution in [2.24, 2.45) is 0 Å². The van der Waals surface area contributed by atoms with Gasteiger partial charge < -0.3 is 20.4 Å². The van der Waals surface area contributed by atoms with Crippen LogP contribution in [0, 0.1) is 6.92 Å². The largest absolute Gasteiger partial charge is 0.478 e. The van der Waals surface area contributed by atoms with Gasteiger partial charge >= 0.3 is 23.9 Å². The molecule has 0 saturated heterocycles. The molecule has 4 aromatic rings. The van der Waals surface area contributed by atoms with E-state index in [1.165, 1.54) is 12.1 Å². The average molecular weight is 614 g/mol. The predicted molar refractivity (Wildman–Crippen MR) is 145 cm³/mol. The number of aromatic nitrogens is 2. The normalized spacial score (nSPS) is 9.97. The fourth-order valence-electron chi connectivity index (χ4n) is 2.99. The van der Waals surface area contributed by atoms with Gasteiger partial charge in [0.1, 0.15) is 0 Å². The highest BCUT2D eigenvalue weighted by Crippen LogP contribution is 2.41. The summed E-state index contributed by atoms with van der Waals surface area (Å²) in [6.45, 7) is 1.71. The highest BCUT2D eigenvalue weighted by Gasteiger charge is 2.28. The van der Waals surface area contributed by atoms with E-state index in [1.807, 2.05) is 24.3 Å². The van der Waals surface area contributed by atoms with Crippen molar-refractivity contribution < 1.29 is 39.6 Å². The van der Waals surface area contributed by atoms with Crippen LogP contribution in [-0.4, -0.2) is 54.5 Å². The van der Waals surface area contributed by atoms with Crippen LogP contribution in [0.1, 0.15) is 47.0 Å². The molecule has 14 heteroatoms. The van der Waals surface area contributed by atoms with Gasteiger partial charge in [-0.1, -0.05) is 82.3 Å². The fraction of sp³-hybridized carbons (Fsp3) is 0.0400. The Morgan fingerprint density at radius 1 is 0.590 bits per heavy atom. The molecule has 10 nitrogen and oxygen atoms in total. The number of benzene rings is 3. The Hall–Kier alpha value is -3.96. The summed E-state index contributed by atoms with van der Waals surface area (Å²) in [6.07, 6.45) is 3.52. The maximum atomic E-state index is 10.9. The number of carbonyl (C=O) groups is 4. The van der Waals surface area contributed by atoms with Crippen molar-refractivity contribution in [3.05, 3.63) is 103 Å². The van der Waals surface area contributed by atoms with Gasteiger partial charge in [0.15, 0.2) is 0 Å². The number of fused-ring (bicyclic) bond motifs is 1. The van der Waals surface area contributed by atoms with Gasteiger partial charge in [0, 0.05) is 10.8 Å². The summed E-state index contributed by atoms with van der Waals surface area (Å²) >= 11 is 22.4. The zero-order valence-corrected chi connectivity index (χ0v) is 22.5. The van der Waals surface area contributed by atoms with Gasteiger partial charge in [0.05, 0.1) is 54.7 Å². The van der Waals surface area contributed by atoms with Gasteiger partial charge in [0.25, 0.3) is 0 Å². The lowest BCUT2D eigenvalue weighted by Gasteiger charge is -2.10. The number of nitrogens with zero attached hydrogens (tertiary/aromatic N) is 2. The van der Waals surface area contributed by atoms with E-state index in [2.05, 4.69) is 10.2 Å². The summed E-state index contributed by atoms with van der Waals surface area (Å²) in [6, 6.07) is 12.2. The predicted octanol–water partition coefficient (Wildman–Crippen LogP) is 6.72. The Morgan fingerprint density at radius 3 is 1.36 bits per heavy atom. The van der Waals surface area contributed by atoms with E-state index in [1.54, 1.807) is 25.4 Å². The molecule has 0 amide bonds. The first-order valence-electron chi connectivity index (χ1n) is 10.3. The van der Waals surface area contributed by atoms with Gasteiger partial charge in [0.2, 0.25) is 0 Å². The molecule has 0 aliphatic rings. The summed E-state index contributed by atoms with van der Waals surface area (Å²) in [7, 11) is 0. The molecule has 0 bridgehead atoms. The van der Waals surface area contributed by atoms with Crippen molar-refractivity contribution in [3.63, 3.8) is 0 Å². The van der Waals surface area contributed by atoms with Crippen LogP contribution in [0.15, 0.2) is 54.9 Å². The number of aromatic carboxylic acids is 4. The molecule has 4 N–H and O–H groups in total. The smallest absolute Gasteiger partial charge is 0.338 e.